The molecule has 0 saturated carbocycles. The normalized spacial score (nSPS) is 11.5. The van der Waals surface area contributed by atoms with Crippen molar-refractivity contribution in [2.24, 2.45) is 0 Å². The Labute approximate surface area is 198 Å². The molecule has 0 radical (unpaired) electrons. The van der Waals surface area contributed by atoms with Crippen LogP contribution in [0.2, 0.25) is 0 Å². The van der Waals surface area contributed by atoms with Gasteiger partial charge in [-0.2, -0.15) is 0 Å². The minimum absolute atomic E-state index is 0.195. The first-order valence-electron chi connectivity index (χ1n) is 13.6. The molecule has 32 heavy (non-hydrogen) atoms. The molecule has 0 saturated heterocycles. The second-order valence-electron chi connectivity index (χ2n) is 9.70. The topological polar surface area (TPSA) is 21.3 Å². The second-order valence-corrected chi connectivity index (χ2v) is 9.70. The standard InChI is InChI=1S/C30H49NO/c1-4-5-6-7-8-9-10-11-12-13-14-15-16-19-24-31-25-29-28-21-18-17-20-27(28)22-23-30(29)32-26(2)3/h17-18,20-23,26,31H,4-16,19,24-25H2,1-3H3. The molecule has 2 nitrogen and oxygen atoms in total. The Bertz CT molecular complexity index is 724. The fourth-order valence-electron chi connectivity index (χ4n) is 4.52. The fourth-order valence-corrected chi connectivity index (χ4v) is 4.52. The van der Waals surface area contributed by atoms with E-state index in [0.29, 0.717) is 0 Å². The highest BCUT2D eigenvalue weighted by molar-refractivity contribution is 5.87. The molecule has 0 spiro atoms. The monoisotopic (exact) mass is 439 g/mol. The van der Waals surface area contributed by atoms with Crippen molar-refractivity contribution in [3.05, 3.63) is 42.0 Å². The summed E-state index contributed by atoms with van der Waals surface area (Å²) in [5, 5.41) is 6.26. The van der Waals surface area contributed by atoms with Crippen LogP contribution in [0.15, 0.2) is 36.4 Å². The van der Waals surface area contributed by atoms with E-state index < -0.39 is 0 Å². The minimum atomic E-state index is 0.195. The van der Waals surface area contributed by atoms with Gasteiger partial charge in [0.15, 0.2) is 0 Å². The van der Waals surface area contributed by atoms with E-state index in [4.69, 9.17) is 4.74 Å². The Hall–Kier alpha value is -1.54. The Morgan fingerprint density at radius 2 is 1.25 bits per heavy atom. The Morgan fingerprint density at radius 1 is 0.688 bits per heavy atom. The van der Waals surface area contributed by atoms with Gasteiger partial charge in [-0.25, -0.2) is 0 Å². The highest BCUT2D eigenvalue weighted by Crippen LogP contribution is 2.29. The van der Waals surface area contributed by atoms with E-state index in [-0.39, 0.29) is 6.10 Å². The Kier molecular flexibility index (Phi) is 14.2. The van der Waals surface area contributed by atoms with Gasteiger partial charge in [-0.3, -0.25) is 0 Å². The van der Waals surface area contributed by atoms with Gasteiger partial charge in [-0.05, 0) is 43.7 Å². The van der Waals surface area contributed by atoms with Crippen LogP contribution in [-0.4, -0.2) is 12.6 Å². The van der Waals surface area contributed by atoms with E-state index in [1.165, 1.54) is 106 Å². The third-order valence-electron chi connectivity index (χ3n) is 6.37. The smallest absolute Gasteiger partial charge is 0.124 e. The number of rotatable bonds is 19. The number of hydrogen-bond donors (Lipinski definition) is 1. The molecule has 2 heteroatoms. The highest BCUT2D eigenvalue weighted by atomic mass is 16.5. The number of nitrogens with one attached hydrogen (secondary N) is 1. The average Bonchev–Trinajstić information content (AvgIpc) is 2.79. The zero-order valence-corrected chi connectivity index (χ0v) is 21.3. The first-order valence-corrected chi connectivity index (χ1v) is 13.6. The highest BCUT2D eigenvalue weighted by Gasteiger charge is 2.10. The van der Waals surface area contributed by atoms with Crippen molar-refractivity contribution in [3.8, 4) is 5.75 Å². The summed E-state index contributed by atoms with van der Waals surface area (Å²) in [6.45, 7) is 8.45. The summed E-state index contributed by atoms with van der Waals surface area (Å²) in [5.74, 6) is 1.02. The first kappa shape index (κ1) is 26.7. The molecule has 0 heterocycles. The molecular weight excluding hydrogens is 390 g/mol. The third-order valence-corrected chi connectivity index (χ3v) is 6.37. The molecule has 0 aliphatic rings. The van der Waals surface area contributed by atoms with Crippen molar-refractivity contribution < 1.29 is 4.74 Å². The Morgan fingerprint density at radius 3 is 1.84 bits per heavy atom. The van der Waals surface area contributed by atoms with Crippen molar-refractivity contribution >= 4 is 10.8 Å². The second kappa shape index (κ2) is 17.0. The van der Waals surface area contributed by atoms with E-state index in [9.17, 15) is 0 Å². The number of benzene rings is 2. The van der Waals surface area contributed by atoms with Gasteiger partial charge in [-0.15, -0.1) is 0 Å². The van der Waals surface area contributed by atoms with Crippen LogP contribution in [0.1, 0.15) is 116 Å². The summed E-state index contributed by atoms with van der Waals surface area (Å²) in [7, 11) is 0. The van der Waals surface area contributed by atoms with E-state index in [1.807, 2.05) is 0 Å². The van der Waals surface area contributed by atoms with Crippen LogP contribution in [0.5, 0.6) is 5.75 Å². The SMILES string of the molecule is CCCCCCCCCCCCCCCCNCc1c(OC(C)C)ccc2ccccc12. The summed E-state index contributed by atoms with van der Waals surface area (Å²) in [4.78, 5) is 0. The lowest BCUT2D eigenvalue weighted by atomic mass is 10.0. The zero-order valence-electron chi connectivity index (χ0n) is 21.3. The van der Waals surface area contributed by atoms with Crippen LogP contribution in [0, 0.1) is 0 Å². The van der Waals surface area contributed by atoms with Gasteiger partial charge < -0.3 is 10.1 Å². The van der Waals surface area contributed by atoms with Gasteiger partial charge in [0.25, 0.3) is 0 Å². The first-order chi connectivity index (χ1) is 15.7. The number of fused-ring (bicyclic) bond motifs is 1. The van der Waals surface area contributed by atoms with Crippen LogP contribution >= 0.6 is 0 Å². The maximum atomic E-state index is 6.09. The maximum Gasteiger partial charge on any atom is 0.124 e. The van der Waals surface area contributed by atoms with Crippen LogP contribution < -0.4 is 10.1 Å². The van der Waals surface area contributed by atoms with E-state index in [1.54, 1.807) is 0 Å². The molecule has 0 bridgehead atoms. The maximum absolute atomic E-state index is 6.09. The number of hydrogen-bond acceptors (Lipinski definition) is 2. The molecule has 0 aliphatic carbocycles. The van der Waals surface area contributed by atoms with E-state index >= 15 is 0 Å². The van der Waals surface area contributed by atoms with E-state index in [0.717, 1.165) is 18.8 Å². The van der Waals surface area contributed by atoms with Crippen LogP contribution in [-0.2, 0) is 6.54 Å². The van der Waals surface area contributed by atoms with Crippen LogP contribution in [0.3, 0.4) is 0 Å². The summed E-state index contributed by atoms with van der Waals surface area (Å²) in [5.41, 5.74) is 1.29. The third kappa shape index (κ3) is 10.9. The molecule has 0 aromatic heterocycles. The largest absolute Gasteiger partial charge is 0.491 e. The molecule has 0 amide bonds. The van der Waals surface area contributed by atoms with Gasteiger partial charge >= 0.3 is 0 Å². The lowest BCUT2D eigenvalue weighted by Gasteiger charge is -2.17. The predicted molar refractivity (Wildman–Crippen MR) is 142 cm³/mol. The minimum Gasteiger partial charge on any atom is -0.491 e. The van der Waals surface area contributed by atoms with Crippen LogP contribution in [0.25, 0.3) is 10.8 Å². The van der Waals surface area contributed by atoms with Crippen molar-refractivity contribution in [2.45, 2.75) is 123 Å². The lowest BCUT2D eigenvalue weighted by Crippen LogP contribution is -2.17. The average molecular weight is 440 g/mol. The summed E-state index contributed by atoms with van der Waals surface area (Å²) >= 11 is 0. The molecule has 0 atom stereocenters. The van der Waals surface area contributed by atoms with Crippen molar-refractivity contribution in [3.63, 3.8) is 0 Å². The van der Waals surface area contributed by atoms with Gasteiger partial charge in [0.1, 0.15) is 5.75 Å². The molecular formula is C30H49NO. The Balaban J connectivity index is 1.53. The van der Waals surface area contributed by atoms with Gasteiger partial charge in [0.05, 0.1) is 6.10 Å². The molecule has 2 rings (SSSR count). The number of ether oxygens (including phenoxy) is 1. The molecule has 0 unspecified atom stereocenters. The molecule has 180 valence electrons. The summed E-state index contributed by atoms with van der Waals surface area (Å²) < 4.78 is 6.09. The molecule has 0 fully saturated rings. The van der Waals surface area contributed by atoms with Gasteiger partial charge in [0.2, 0.25) is 0 Å². The fraction of sp³-hybridized carbons (Fsp3) is 0.667. The quantitative estimate of drug-likeness (QED) is 0.220. The number of unbranched alkanes of at least 4 members (excludes halogenated alkanes) is 13. The van der Waals surface area contributed by atoms with E-state index in [2.05, 4.69) is 62.5 Å². The summed E-state index contributed by atoms with van der Waals surface area (Å²) in [6, 6.07) is 12.9. The van der Waals surface area contributed by atoms with Crippen LogP contribution in [0.4, 0.5) is 0 Å². The van der Waals surface area contributed by atoms with Crippen molar-refractivity contribution in [1.82, 2.24) is 5.32 Å². The van der Waals surface area contributed by atoms with Gasteiger partial charge in [-0.1, -0.05) is 121 Å². The summed E-state index contributed by atoms with van der Waals surface area (Å²) in [6.07, 6.45) is 19.9. The molecule has 2 aromatic rings. The molecule has 1 N–H and O–H groups in total. The lowest BCUT2D eigenvalue weighted by molar-refractivity contribution is 0.240. The molecule has 2 aromatic carbocycles. The molecule has 0 aliphatic heterocycles. The van der Waals surface area contributed by atoms with Crippen molar-refractivity contribution in [1.29, 1.82) is 0 Å². The predicted octanol–water partition coefficient (Wildman–Crippen LogP) is 9.20. The van der Waals surface area contributed by atoms with Gasteiger partial charge in [0, 0.05) is 12.1 Å². The van der Waals surface area contributed by atoms with Crippen molar-refractivity contribution in [2.75, 3.05) is 6.54 Å². The zero-order chi connectivity index (χ0) is 22.9.